The van der Waals surface area contributed by atoms with Crippen LogP contribution < -0.4 is 4.74 Å². The standard InChI is InChI=1S/C29H28N2O4/c1-34-22-13-11-19(12-14-22)28-24(23-9-5-6-10-25(23)30-28)15-16-27(32)31-18-21-8-4-3-7-20(21)17-26(31)29(33)35-2/h3-14,26,30H,15-18H2,1-2H3. The van der Waals surface area contributed by atoms with Gasteiger partial charge in [0.2, 0.25) is 5.91 Å². The van der Waals surface area contributed by atoms with Gasteiger partial charge in [-0.15, -0.1) is 0 Å². The molecule has 0 aliphatic carbocycles. The maximum absolute atomic E-state index is 13.5. The second-order valence-electron chi connectivity index (χ2n) is 8.79. The van der Waals surface area contributed by atoms with Crippen molar-refractivity contribution in [2.45, 2.75) is 31.8 Å². The van der Waals surface area contributed by atoms with Crippen molar-refractivity contribution in [1.82, 2.24) is 9.88 Å². The number of hydrogen-bond donors (Lipinski definition) is 1. The molecule has 1 N–H and O–H groups in total. The van der Waals surface area contributed by atoms with Crippen molar-refractivity contribution in [3.05, 3.63) is 89.5 Å². The number of amides is 1. The molecule has 3 aromatic carbocycles. The topological polar surface area (TPSA) is 71.6 Å². The molecule has 2 heterocycles. The van der Waals surface area contributed by atoms with Crippen LogP contribution in [0.1, 0.15) is 23.1 Å². The van der Waals surface area contributed by atoms with Gasteiger partial charge in [-0.2, -0.15) is 0 Å². The van der Waals surface area contributed by atoms with E-state index in [1.54, 1.807) is 12.0 Å². The van der Waals surface area contributed by atoms with Gasteiger partial charge in [-0.05, 0) is 59.0 Å². The minimum absolute atomic E-state index is 0.0548. The lowest BCUT2D eigenvalue weighted by Gasteiger charge is -2.35. The number of ether oxygens (including phenoxy) is 2. The summed E-state index contributed by atoms with van der Waals surface area (Å²) in [5.74, 6) is 0.362. The molecule has 6 heteroatoms. The van der Waals surface area contributed by atoms with E-state index in [-0.39, 0.29) is 11.9 Å². The fourth-order valence-electron chi connectivity index (χ4n) is 4.97. The van der Waals surface area contributed by atoms with Crippen molar-refractivity contribution in [2.75, 3.05) is 14.2 Å². The van der Waals surface area contributed by atoms with Crippen molar-refractivity contribution < 1.29 is 19.1 Å². The van der Waals surface area contributed by atoms with Gasteiger partial charge < -0.3 is 19.4 Å². The van der Waals surface area contributed by atoms with E-state index in [2.05, 4.69) is 11.1 Å². The van der Waals surface area contributed by atoms with E-state index in [0.29, 0.717) is 25.8 Å². The minimum atomic E-state index is -0.605. The third-order valence-electron chi connectivity index (χ3n) is 6.82. The number of nitrogens with zero attached hydrogens (tertiary/aromatic N) is 1. The first kappa shape index (κ1) is 22.7. The maximum Gasteiger partial charge on any atom is 0.328 e. The number of aromatic nitrogens is 1. The summed E-state index contributed by atoms with van der Waals surface area (Å²) in [6, 6.07) is 23.4. The number of benzene rings is 3. The summed E-state index contributed by atoms with van der Waals surface area (Å²) in [5.41, 5.74) is 6.31. The average molecular weight is 469 g/mol. The van der Waals surface area contributed by atoms with Crippen LogP contribution in [-0.2, 0) is 33.7 Å². The number of methoxy groups -OCH3 is 2. The third kappa shape index (κ3) is 4.39. The van der Waals surface area contributed by atoms with Gasteiger partial charge in [0.25, 0.3) is 0 Å². The minimum Gasteiger partial charge on any atom is -0.497 e. The molecule has 1 unspecified atom stereocenters. The van der Waals surface area contributed by atoms with E-state index in [4.69, 9.17) is 9.47 Å². The van der Waals surface area contributed by atoms with E-state index in [1.807, 2.05) is 66.7 Å². The Labute approximate surface area is 204 Å². The highest BCUT2D eigenvalue weighted by atomic mass is 16.5. The summed E-state index contributed by atoms with van der Waals surface area (Å²) in [7, 11) is 3.02. The van der Waals surface area contributed by atoms with Crippen LogP contribution in [-0.4, -0.2) is 42.0 Å². The molecule has 178 valence electrons. The van der Waals surface area contributed by atoms with Gasteiger partial charge in [0.05, 0.1) is 14.2 Å². The summed E-state index contributed by atoms with van der Waals surface area (Å²) >= 11 is 0. The predicted octanol–water partition coefficient (Wildman–Crippen LogP) is 4.90. The average Bonchev–Trinajstić information content (AvgIpc) is 3.29. The highest BCUT2D eigenvalue weighted by Crippen LogP contribution is 2.33. The number of nitrogens with one attached hydrogen (secondary N) is 1. The van der Waals surface area contributed by atoms with Crippen molar-refractivity contribution >= 4 is 22.8 Å². The van der Waals surface area contributed by atoms with Gasteiger partial charge in [-0.25, -0.2) is 4.79 Å². The Morgan fingerprint density at radius 1 is 0.943 bits per heavy atom. The monoisotopic (exact) mass is 468 g/mol. The Kier molecular flexibility index (Phi) is 6.27. The van der Waals surface area contributed by atoms with Crippen molar-refractivity contribution in [3.63, 3.8) is 0 Å². The number of aromatic amines is 1. The first-order chi connectivity index (χ1) is 17.1. The van der Waals surface area contributed by atoms with Crippen LogP contribution in [0.25, 0.3) is 22.2 Å². The number of esters is 1. The molecule has 1 atom stereocenters. The number of H-pyrrole nitrogens is 1. The molecule has 5 rings (SSSR count). The molecule has 0 radical (unpaired) electrons. The number of hydrogen-bond acceptors (Lipinski definition) is 4. The number of fused-ring (bicyclic) bond motifs is 2. The van der Waals surface area contributed by atoms with E-state index in [9.17, 15) is 9.59 Å². The van der Waals surface area contributed by atoms with Gasteiger partial charge in [-0.1, -0.05) is 42.5 Å². The highest BCUT2D eigenvalue weighted by Gasteiger charge is 2.35. The molecule has 0 saturated heterocycles. The largest absolute Gasteiger partial charge is 0.497 e. The Bertz CT molecular complexity index is 1370. The number of aryl methyl sites for hydroxylation is 1. The first-order valence-corrected chi connectivity index (χ1v) is 11.8. The van der Waals surface area contributed by atoms with Gasteiger partial charge in [0.15, 0.2) is 0 Å². The molecule has 1 aromatic heterocycles. The molecule has 0 saturated carbocycles. The van der Waals surface area contributed by atoms with Crippen molar-refractivity contribution in [3.8, 4) is 17.0 Å². The molecule has 0 bridgehead atoms. The second-order valence-corrected chi connectivity index (χ2v) is 8.79. The molecule has 1 aliphatic rings. The summed E-state index contributed by atoms with van der Waals surface area (Å²) in [6.45, 7) is 0.411. The molecule has 35 heavy (non-hydrogen) atoms. The molecule has 6 nitrogen and oxygen atoms in total. The van der Waals surface area contributed by atoms with Crippen LogP contribution in [0.2, 0.25) is 0 Å². The van der Waals surface area contributed by atoms with Crippen LogP contribution in [0, 0.1) is 0 Å². The van der Waals surface area contributed by atoms with E-state index >= 15 is 0 Å². The van der Waals surface area contributed by atoms with Crippen molar-refractivity contribution in [1.29, 1.82) is 0 Å². The van der Waals surface area contributed by atoms with E-state index in [1.165, 1.54) is 7.11 Å². The zero-order chi connectivity index (χ0) is 24.4. The molecule has 4 aromatic rings. The zero-order valence-corrected chi connectivity index (χ0v) is 19.9. The molecular weight excluding hydrogens is 440 g/mol. The summed E-state index contributed by atoms with van der Waals surface area (Å²) in [4.78, 5) is 31.3. The first-order valence-electron chi connectivity index (χ1n) is 11.8. The highest BCUT2D eigenvalue weighted by molar-refractivity contribution is 5.92. The molecular formula is C29H28N2O4. The second kappa shape index (κ2) is 9.66. The van der Waals surface area contributed by atoms with Gasteiger partial charge in [0, 0.05) is 36.0 Å². The summed E-state index contributed by atoms with van der Waals surface area (Å²) in [6.07, 6.45) is 1.32. The van der Waals surface area contributed by atoms with Crippen LogP contribution in [0.15, 0.2) is 72.8 Å². The number of carbonyl (C=O) groups is 2. The molecule has 1 aliphatic heterocycles. The Morgan fingerprint density at radius 2 is 1.66 bits per heavy atom. The Morgan fingerprint density at radius 3 is 2.40 bits per heavy atom. The lowest BCUT2D eigenvalue weighted by molar-refractivity contribution is -0.154. The van der Waals surface area contributed by atoms with Crippen LogP contribution in [0.3, 0.4) is 0 Å². The van der Waals surface area contributed by atoms with Crippen LogP contribution in [0.5, 0.6) is 5.75 Å². The third-order valence-corrected chi connectivity index (χ3v) is 6.82. The van der Waals surface area contributed by atoms with Crippen molar-refractivity contribution in [2.24, 2.45) is 0 Å². The Balaban J connectivity index is 1.43. The molecule has 0 fully saturated rings. The Hall–Kier alpha value is -4.06. The zero-order valence-electron chi connectivity index (χ0n) is 19.9. The smallest absolute Gasteiger partial charge is 0.328 e. The normalized spacial score (nSPS) is 15.0. The van der Waals surface area contributed by atoms with Gasteiger partial charge in [0.1, 0.15) is 11.8 Å². The number of para-hydroxylation sites is 1. The number of rotatable bonds is 6. The fraction of sp³-hybridized carbons (Fsp3) is 0.241. The quantitative estimate of drug-likeness (QED) is 0.409. The number of carbonyl (C=O) groups excluding carboxylic acids is 2. The van der Waals surface area contributed by atoms with Gasteiger partial charge in [-0.3, -0.25) is 4.79 Å². The molecule has 0 spiro atoms. The van der Waals surface area contributed by atoms with Crippen LogP contribution >= 0.6 is 0 Å². The fourth-order valence-corrected chi connectivity index (χ4v) is 4.97. The summed E-state index contributed by atoms with van der Waals surface area (Å²) in [5, 5.41) is 1.10. The maximum atomic E-state index is 13.5. The van der Waals surface area contributed by atoms with E-state index in [0.717, 1.165) is 44.6 Å². The van der Waals surface area contributed by atoms with Crippen LogP contribution in [0.4, 0.5) is 0 Å². The summed E-state index contributed by atoms with van der Waals surface area (Å²) < 4.78 is 10.3. The molecule has 1 amide bonds. The predicted molar refractivity (Wildman–Crippen MR) is 135 cm³/mol. The van der Waals surface area contributed by atoms with E-state index < -0.39 is 6.04 Å². The lowest BCUT2D eigenvalue weighted by atomic mass is 9.93. The van der Waals surface area contributed by atoms with Gasteiger partial charge >= 0.3 is 5.97 Å². The lowest BCUT2D eigenvalue weighted by Crippen LogP contribution is -2.49. The SMILES string of the molecule is COC(=O)C1Cc2ccccc2CN1C(=O)CCc1c(-c2ccc(OC)cc2)[nH]c2ccccc12.